The van der Waals surface area contributed by atoms with Gasteiger partial charge in [-0.1, -0.05) is 32.4 Å². The normalized spacial score (nSPS) is 35.9. The number of carbonyl (C=O) groups excluding carboxylic acids is 5. The lowest BCUT2D eigenvalue weighted by Crippen LogP contribution is -2.70. The highest BCUT2D eigenvalue weighted by atomic mass is 19.1. The second kappa shape index (κ2) is 12.4. The number of esters is 2. The molecule has 2 N–H and O–H groups in total. The van der Waals surface area contributed by atoms with Crippen molar-refractivity contribution in [3.63, 3.8) is 0 Å². The highest BCUT2D eigenvalue weighted by Crippen LogP contribution is 2.71. The average molecular weight is 664 g/mol. The molecule has 0 aliphatic heterocycles. The van der Waals surface area contributed by atoms with Crippen molar-refractivity contribution in [1.82, 2.24) is 4.90 Å². The summed E-state index contributed by atoms with van der Waals surface area (Å²) in [6.45, 7) is 8.79. The van der Waals surface area contributed by atoms with Gasteiger partial charge in [-0.15, -0.1) is 0 Å². The lowest BCUT2D eigenvalue weighted by molar-refractivity contribution is -0.228. The van der Waals surface area contributed by atoms with Crippen molar-refractivity contribution in [3.05, 3.63) is 23.8 Å². The van der Waals surface area contributed by atoms with Gasteiger partial charge >= 0.3 is 24.0 Å². The Morgan fingerprint density at radius 1 is 1.09 bits per heavy atom. The predicted molar refractivity (Wildman–Crippen MR) is 163 cm³/mol. The number of allylic oxidation sites excluding steroid dienone is 4. The molecule has 1 amide bonds. The first-order valence-electron chi connectivity index (χ1n) is 16.1. The van der Waals surface area contributed by atoms with Gasteiger partial charge in [0.25, 0.3) is 0 Å². The number of halogens is 1. The molecule has 47 heavy (non-hydrogen) atoms. The topological polar surface area (TPSA) is 174 Å². The van der Waals surface area contributed by atoms with Crippen LogP contribution < -0.4 is 0 Å². The lowest BCUT2D eigenvalue weighted by atomic mass is 9.44. The van der Waals surface area contributed by atoms with Gasteiger partial charge in [-0.05, 0) is 71.4 Å². The molecule has 2 unspecified atom stereocenters. The standard InChI is InChI=1S/C34H46FNO11/c1-8-27(42)46-34(25(39)18-45-28(43)17-36(16-26(40)41)29(44)47-30(3,4)5)19(2)13-23-22-10-9-20-14-21(37)11-12-31(20,6)33(22,35)24(38)15-32(23,34)7/h11-12,14,19,22-24,38H,8-10,13,15-18H2,1-7H3,(H,40,41)/t19-,22?,23?,24-,31-,32-,33-,34-/m0/s1. The summed E-state index contributed by atoms with van der Waals surface area (Å²) in [7, 11) is 0. The Hall–Kier alpha value is -3.61. The van der Waals surface area contributed by atoms with Crippen molar-refractivity contribution < 1.29 is 57.6 Å². The number of carboxylic acids is 1. The van der Waals surface area contributed by atoms with Crippen LogP contribution in [0.15, 0.2) is 23.8 Å². The summed E-state index contributed by atoms with van der Waals surface area (Å²) >= 11 is 0. The highest BCUT2D eigenvalue weighted by Gasteiger charge is 2.77. The Balaban J connectivity index is 1.64. The number of ether oxygens (including phenoxy) is 3. The third-order valence-corrected chi connectivity index (χ3v) is 10.8. The molecule has 0 bridgehead atoms. The largest absolute Gasteiger partial charge is 0.480 e. The fraction of sp³-hybridized carbons (Fsp3) is 0.706. The van der Waals surface area contributed by atoms with E-state index in [1.54, 1.807) is 48.5 Å². The molecule has 0 aromatic heterocycles. The van der Waals surface area contributed by atoms with Crippen LogP contribution >= 0.6 is 0 Å². The Morgan fingerprint density at radius 2 is 1.74 bits per heavy atom. The number of Topliss-reactive ketones (excluding diaryl/α,β-unsaturated/α-hetero) is 1. The molecule has 0 radical (unpaired) electrons. The van der Waals surface area contributed by atoms with E-state index < -0.39 is 101 Å². The van der Waals surface area contributed by atoms with Crippen LogP contribution in [0.2, 0.25) is 0 Å². The van der Waals surface area contributed by atoms with Crippen LogP contribution in [-0.2, 0) is 38.2 Å². The van der Waals surface area contributed by atoms with Gasteiger partial charge in [-0.2, -0.15) is 0 Å². The van der Waals surface area contributed by atoms with Crippen LogP contribution in [-0.4, -0.2) is 93.4 Å². The van der Waals surface area contributed by atoms with Crippen molar-refractivity contribution in [3.8, 4) is 0 Å². The zero-order valence-corrected chi connectivity index (χ0v) is 28.1. The molecular weight excluding hydrogens is 617 g/mol. The summed E-state index contributed by atoms with van der Waals surface area (Å²) < 4.78 is 34.1. The minimum atomic E-state index is -2.17. The smallest absolute Gasteiger partial charge is 0.411 e. The van der Waals surface area contributed by atoms with Crippen LogP contribution in [0.5, 0.6) is 0 Å². The van der Waals surface area contributed by atoms with Crippen LogP contribution in [0, 0.1) is 28.6 Å². The molecule has 0 saturated heterocycles. The number of fused-ring (bicyclic) bond motifs is 5. The van der Waals surface area contributed by atoms with E-state index in [9.17, 15) is 39.0 Å². The van der Waals surface area contributed by atoms with Crippen LogP contribution in [0.1, 0.15) is 80.6 Å². The molecule has 4 aliphatic rings. The summed E-state index contributed by atoms with van der Waals surface area (Å²) in [5.74, 6) is -6.15. The molecule has 3 fully saturated rings. The molecule has 0 spiro atoms. The maximum absolute atomic E-state index is 17.6. The number of aliphatic hydroxyl groups is 1. The molecule has 12 nitrogen and oxygen atoms in total. The first-order valence-corrected chi connectivity index (χ1v) is 16.1. The van der Waals surface area contributed by atoms with E-state index >= 15 is 4.39 Å². The van der Waals surface area contributed by atoms with Gasteiger partial charge < -0.3 is 24.4 Å². The molecule has 0 aromatic rings. The van der Waals surface area contributed by atoms with E-state index in [0.717, 1.165) is 0 Å². The summed E-state index contributed by atoms with van der Waals surface area (Å²) in [5, 5.41) is 21.0. The molecule has 4 aliphatic carbocycles. The Kier molecular flexibility index (Phi) is 9.59. The van der Waals surface area contributed by atoms with Crippen molar-refractivity contribution in [2.24, 2.45) is 28.6 Å². The Labute approximate surface area is 273 Å². The van der Waals surface area contributed by atoms with E-state index in [1.807, 2.05) is 0 Å². The first kappa shape index (κ1) is 36.2. The predicted octanol–water partition coefficient (Wildman–Crippen LogP) is 3.73. The molecule has 8 atom stereocenters. The molecule has 4 rings (SSSR count). The number of ketones is 2. The minimum Gasteiger partial charge on any atom is -0.480 e. The number of alkyl halides is 1. The number of rotatable bonds is 9. The van der Waals surface area contributed by atoms with Crippen molar-refractivity contribution in [2.45, 2.75) is 104 Å². The molecule has 0 aromatic carbocycles. The molecule has 3 saturated carbocycles. The highest BCUT2D eigenvalue weighted by molar-refractivity contribution is 6.01. The number of amides is 1. The number of carbonyl (C=O) groups is 6. The third kappa shape index (κ3) is 6.00. The summed E-state index contributed by atoms with van der Waals surface area (Å²) in [6, 6.07) is 0. The van der Waals surface area contributed by atoms with Crippen LogP contribution in [0.25, 0.3) is 0 Å². The van der Waals surface area contributed by atoms with Gasteiger partial charge in [0.2, 0.25) is 5.78 Å². The van der Waals surface area contributed by atoms with Crippen molar-refractivity contribution >= 4 is 35.6 Å². The van der Waals surface area contributed by atoms with Gasteiger partial charge in [-0.25, -0.2) is 9.18 Å². The van der Waals surface area contributed by atoms with Crippen LogP contribution in [0.4, 0.5) is 9.18 Å². The minimum absolute atomic E-state index is 0.0770. The number of hydrogen-bond acceptors (Lipinski definition) is 10. The second-order valence-electron chi connectivity index (χ2n) is 14.8. The maximum atomic E-state index is 17.6. The van der Waals surface area contributed by atoms with E-state index in [1.165, 1.54) is 18.2 Å². The van der Waals surface area contributed by atoms with E-state index in [-0.39, 0.29) is 25.0 Å². The first-order chi connectivity index (χ1) is 21.7. The molecule has 0 heterocycles. The Morgan fingerprint density at radius 3 is 2.34 bits per heavy atom. The van der Waals surface area contributed by atoms with E-state index in [4.69, 9.17) is 14.2 Å². The van der Waals surface area contributed by atoms with Crippen LogP contribution in [0.3, 0.4) is 0 Å². The SMILES string of the molecule is CCC(=O)O[C@]1(C(=O)COC(=O)CN(CC(=O)O)C(=O)OC(C)(C)C)[C@@H](C)CC2C3CCC4=CC(=O)C=C[C@]4(C)[C@@]3(F)[C@@H](O)C[C@@]21C. The molecular formula is C34H46FNO11. The van der Waals surface area contributed by atoms with Crippen molar-refractivity contribution in [2.75, 3.05) is 19.7 Å². The average Bonchev–Trinajstić information content (AvgIpc) is 3.17. The summed E-state index contributed by atoms with van der Waals surface area (Å²) in [5.41, 5.74) is -6.96. The second-order valence-corrected chi connectivity index (χ2v) is 14.8. The van der Waals surface area contributed by atoms with Gasteiger partial charge in [0, 0.05) is 29.1 Å². The number of carboxylic acid groups (broad SMARTS) is 1. The zero-order chi connectivity index (χ0) is 35.3. The zero-order valence-electron chi connectivity index (χ0n) is 28.1. The van der Waals surface area contributed by atoms with Gasteiger partial charge in [0.05, 0.1) is 6.10 Å². The number of aliphatic carboxylic acids is 1. The van der Waals surface area contributed by atoms with E-state index in [0.29, 0.717) is 23.3 Å². The van der Waals surface area contributed by atoms with Crippen molar-refractivity contribution in [1.29, 1.82) is 0 Å². The maximum Gasteiger partial charge on any atom is 0.411 e. The van der Waals surface area contributed by atoms with Gasteiger partial charge in [-0.3, -0.25) is 28.9 Å². The summed E-state index contributed by atoms with van der Waals surface area (Å²) in [4.78, 5) is 76.8. The Bertz CT molecular complexity index is 1420. The quantitative estimate of drug-likeness (QED) is 0.272. The fourth-order valence-electron chi connectivity index (χ4n) is 8.78. The fourth-order valence-corrected chi connectivity index (χ4v) is 8.78. The number of nitrogens with zero attached hydrogens (tertiary/aromatic N) is 1. The van der Waals surface area contributed by atoms with Gasteiger partial charge in [0.1, 0.15) is 18.7 Å². The monoisotopic (exact) mass is 663 g/mol. The molecule has 260 valence electrons. The summed E-state index contributed by atoms with van der Waals surface area (Å²) in [6.07, 6.45) is 2.27. The van der Waals surface area contributed by atoms with E-state index in [2.05, 4.69) is 0 Å². The lowest BCUT2D eigenvalue weighted by Gasteiger charge is -2.62. The number of aliphatic hydroxyl groups excluding tert-OH is 1. The molecule has 13 heteroatoms. The van der Waals surface area contributed by atoms with Gasteiger partial charge in [0.15, 0.2) is 23.7 Å². The third-order valence-electron chi connectivity index (χ3n) is 10.8. The number of hydrogen-bond donors (Lipinski definition) is 2.